The summed E-state index contributed by atoms with van der Waals surface area (Å²) in [6.07, 6.45) is 0. The summed E-state index contributed by atoms with van der Waals surface area (Å²) in [5.41, 5.74) is 1.06. The Bertz CT molecular complexity index is 513. The minimum absolute atomic E-state index is 0.295. The van der Waals surface area contributed by atoms with Crippen LogP contribution in [0.15, 0.2) is 48.5 Å². The summed E-state index contributed by atoms with van der Waals surface area (Å²) in [4.78, 5) is 0. The van der Waals surface area contributed by atoms with Gasteiger partial charge < -0.3 is 10.1 Å². The van der Waals surface area contributed by atoms with Gasteiger partial charge in [-0.25, -0.2) is 4.39 Å². The summed E-state index contributed by atoms with van der Waals surface area (Å²) < 4.78 is 18.8. The molecule has 0 aromatic heterocycles. The number of halogens is 1. The Labute approximate surface area is 106 Å². The highest BCUT2D eigenvalue weighted by Crippen LogP contribution is 2.25. The van der Waals surface area contributed by atoms with E-state index in [2.05, 4.69) is 12.2 Å². The van der Waals surface area contributed by atoms with Crippen LogP contribution in [0.5, 0.6) is 11.5 Å². The fraction of sp³-hybridized carbons (Fsp3) is 0.200. The van der Waals surface area contributed by atoms with Crippen molar-refractivity contribution in [1.29, 1.82) is 0 Å². The molecule has 0 saturated heterocycles. The molecular formula is C15H16FNO. The van der Waals surface area contributed by atoms with Gasteiger partial charge in [0.2, 0.25) is 0 Å². The summed E-state index contributed by atoms with van der Waals surface area (Å²) in [6.45, 7) is 3.69. The molecule has 0 atom stereocenters. The van der Waals surface area contributed by atoms with Gasteiger partial charge in [-0.2, -0.15) is 0 Å². The Morgan fingerprint density at radius 3 is 2.72 bits per heavy atom. The molecule has 0 amide bonds. The molecular weight excluding hydrogens is 229 g/mol. The van der Waals surface area contributed by atoms with E-state index in [1.165, 1.54) is 12.1 Å². The van der Waals surface area contributed by atoms with Crippen LogP contribution in [0.4, 0.5) is 4.39 Å². The quantitative estimate of drug-likeness (QED) is 0.866. The Morgan fingerprint density at radius 1 is 1.11 bits per heavy atom. The first kappa shape index (κ1) is 12.6. The molecule has 2 rings (SSSR count). The summed E-state index contributed by atoms with van der Waals surface area (Å²) >= 11 is 0. The van der Waals surface area contributed by atoms with Gasteiger partial charge >= 0.3 is 0 Å². The number of para-hydroxylation sites is 1. The van der Waals surface area contributed by atoms with E-state index >= 15 is 0 Å². The number of hydrogen-bond donors (Lipinski definition) is 1. The molecule has 0 radical (unpaired) electrons. The Hall–Kier alpha value is -1.87. The molecule has 2 nitrogen and oxygen atoms in total. The molecule has 0 saturated carbocycles. The molecule has 0 fully saturated rings. The topological polar surface area (TPSA) is 21.3 Å². The number of nitrogens with one attached hydrogen (secondary N) is 1. The lowest BCUT2D eigenvalue weighted by atomic mass is 10.2. The Morgan fingerprint density at radius 2 is 1.94 bits per heavy atom. The SMILES string of the molecule is CCNCc1ccccc1Oc1cccc(F)c1. The van der Waals surface area contributed by atoms with E-state index in [4.69, 9.17) is 4.74 Å². The van der Waals surface area contributed by atoms with Crippen molar-refractivity contribution in [3.8, 4) is 11.5 Å². The summed E-state index contributed by atoms with van der Waals surface area (Å²) in [6, 6.07) is 13.9. The predicted molar refractivity (Wildman–Crippen MR) is 70.3 cm³/mol. The molecule has 2 aromatic rings. The molecule has 0 unspecified atom stereocenters. The highest BCUT2D eigenvalue weighted by molar-refractivity contribution is 5.37. The maximum absolute atomic E-state index is 13.1. The predicted octanol–water partition coefficient (Wildman–Crippen LogP) is 3.73. The third-order valence-corrected chi connectivity index (χ3v) is 2.56. The third-order valence-electron chi connectivity index (χ3n) is 2.56. The average Bonchev–Trinajstić information content (AvgIpc) is 2.38. The van der Waals surface area contributed by atoms with Crippen molar-refractivity contribution in [1.82, 2.24) is 5.32 Å². The lowest BCUT2D eigenvalue weighted by Gasteiger charge is -2.11. The zero-order valence-electron chi connectivity index (χ0n) is 10.3. The molecule has 18 heavy (non-hydrogen) atoms. The maximum atomic E-state index is 13.1. The fourth-order valence-electron chi connectivity index (χ4n) is 1.67. The van der Waals surface area contributed by atoms with Crippen molar-refractivity contribution >= 4 is 0 Å². The summed E-state index contributed by atoms with van der Waals surface area (Å²) in [5, 5.41) is 3.25. The first-order valence-electron chi connectivity index (χ1n) is 6.01. The van der Waals surface area contributed by atoms with Gasteiger partial charge in [-0.15, -0.1) is 0 Å². The largest absolute Gasteiger partial charge is 0.457 e. The fourth-order valence-corrected chi connectivity index (χ4v) is 1.67. The average molecular weight is 245 g/mol. The van der Waals surface area contributed by atoms with Gasteiger partial charge in [-0.3, -0.25) is 0 Å². The molecule has 0 bridgehead atoms. The second-order valence-electron chi connectivity index (χ2n) is 3.95. The second kappa shape index (κ2) is 6.17. The molecule has 94 valence electrons. The van der Waals surface area contributed by atoms with E-state index in [9.17, 15) is 4.39 Å². The van der Waals surface area contributed by atoms with E-state index in [0.717, 1.165) is 24.4 Å². The molecule has 0 aliphatic carbocycles. The number of ether oxygens (including phenoxy) is 1. The van der Waals surface area contributed by atoms with E-state index in [1.54, 1.807) is 12.1 Å². The van der Waals surface area contributed by atoms with Gasteiger partial charge in [-0.1, -0.05) is 31.2 Å². The van der Waals surface area contributed by atoms with Crippen LogP contribution in [0.3, 0.4) is 0 Å². The van der Waals surface area contributed by atoms with E-state index in [1.807, 2.05) is 24.3 Å². The first-order chi connectivity index (χ1) is 8.79. The smallest absolute Gasteiger partial charge is 0.131 e. The summed E-state index contributed by atoms with van der Waals surface area (Å²) in [7, 11) is 0. The van der Waals surface area contributed by atoms with Gasteiger partial charge in [0.05, 0.1) is 0 Å². The lowest BCUT2D eigenvalue weighted by molar-refractivity contribution is 0.468. The molecule has 0 aliphatic heterocycles. The molecule has 2 aromatic carbocycles. The normalized spacial score (nSPS) is 10.3. The number of benzene rings is 2. The molecule has 0 spiro atoms. The van der Waals surface area contributed by atoms with Crippen LogP contribution in [0.1, 0.15) is 12.5 Å². The van der Waals surface area contributed by atoms with Gasteiger partial charge in [0.25, 0.3) is 0 Å². The van der Waals surface area contributed by atoms with Gasteiger partial charge in [0.15, 0.2) is 0 Å². The van der Waals surface area contributed by atoms with Gasteiger partial charge in [0.1, 0.15) is 17.3 Å². The van der Waals surface area contributed by atoms with Crippen LogP contribution < -0.4 is 10.1 Å². The van der Waals surface area contributed by atoms with Crippen molar-refractivity contribution in [2.75, 3.05) is 6.54 Å². The zero-order chi connectivity index (χ0) is 12.8. The highest BCUT2D eigenvalue weighted by Gasteiger charge is 2.04. The van der Waals surface area contributed by atoms with Crippen molar-refractivity contribution < 1.29 is 9.13 Å². The van der Waals surface area contributed by atoms with Crippen LogP contribution in [0, 0.1) is 5.82 Å². The number of rotatable bonds is 5. The lowest BCUT2D eigenvalue weighted by Crippen LogP contribution is -2.12. The highest BCUT2D eigenvalue weighted by atomic mass is 19.1. The monoisotopic (exact) mass is 245 g/mol. The molecule has 0 aliphatic rings. The van der Waals surface area contributed by atoms with E-state index < -0.39 is 0 Å². The first-order valence-corrected chi connectivity index (χ1v) is 6.01. The van der Waals surface area contributed by atoms with Crippen molar-refractivity contribution in [2.24, 2.45) is 0 Å². The minimum atomic E-state index is -0.295. The van der Waals surface area contributed by atoms with Crippen LogP contribution in [0.25, 0.3) is 0 Å². The van der Waals surface area contributed by atoms with Crippen molar-refractivity contribution in [3.05, 3.63) is 59.9 Å². The van der Waals surface area contributed by atoms with Crippen molar-refractivity contribution in [2.45, 2.75) is 13.5 Å². The standard InChI is InChI=1S/C15H16FNO/c1-2-17-11-12-6-3-4-9-15(12)18-14-8-5-7-13(16)10-14/h3-10,17H,2,11H2,1H3. The van der Waals surface area contributed by atoms with E-state index in [-0.39, 0.29) is 5.82 Å². The zero-order valence-corrected chi connectivity index (χ0v) is 10.3. The summed E-state index contributed by atoms with van der Waals surface area (Å²) in [5.74, 6) is 0.972. The van der Waals surface area contributed by atoms with Gasteiger partial charge in [-0.05, 0) is 24.7 Å². The Balaban J connectivity index is 2.17. The van der Waals surface area contributed by atoms with Gasteiger partial charge in [0, 0.05) is 18.2 Å². The van der Waals surface area contributed by atoms with Crippen LogP contribution in [-0.4, -0.2) is 6.54 Å². The second-order valence-corrected chi connectivity index (χ2v) is 3.95. The van der Waals surface area contributed by atoms with Crippen LogP contribution in [0.2, 0.25) is 0 Å². The van der Waals surface area contributed by atoms with Crippen LogP contribution in [-0.2, 0) is 6.54 Å². The minimum Gasteiger partial charge on any atom is -0.457 e. The number of hydrogen-bond acceptors (Lipinski definition) is 2. The van der Waals surface area contributed by atoms with Crippen molar-refractivity contribution in [3.63, 3.8) is 0 Å². The van der Waals surface area contributed by atoms with Crippen LogP contribution >= 0.6 is 0 Å². The third kappa shape index (κ3) is 3.31. The van der Waals surface area contributed by atoms with E-state index in [0.29, 0.717) is 5.75 Å². The molecule has 1 N–H and O–H groups in total. The molecule has 0 heterocycles. The Kier molecular flexibility index (Phi) is 4.31. The maximum Gasteiger partial charge on any atom is 0.131 e. The molecule has 3 heteroatoms.